The number of hydrogen-bond acceptors (Lipinski definition) is 2. The molecule has 0 saturated carbocycles. The van der Waals surface area contributed by atoms with Gasteiger partial charge in [-0.2, -0.15) is 0 Å². The van der Waals surface area contributed by atoms with Crippen molar-refractivity contribution in [2.45, 2.75) is 33.7 Å². The molecule has 0 unspecified atom stereocenters. The van der Waals surface area contributed by atoms with Crippen LogP contribution in [0.3, 0.4) is 0 Å². The molecule has 0 heterocycles. The SMILES string of the molecule is CC(C)CN(CCNc1cccc(Cl)c1)C(C)C. The van der Waals surface area contributed by atoms with E-state index < -0.39 is 0 Å². The molecule has 0 aliphatic carbocycles. The molecule has 1 aromatic carbocycles. The average molecular weight is 269 g/mol. The number of benzene rings is 1. The molecule has 0 amide bonds. The monoisotopic (exact) mass is 268 g/mol. The third kappa shape index (κ3) is 5.74. The molecule has 0 aliphatic heterocycles. The van der Waals surface area contributed by atoms with Crippen molar-refractivity contribution in [3.63, 3.8) is 0 Å². The van der Waals surface area contributed by atoms with E-state index in [1.54, 1.807) is 0 Å². The molecule has 0 radical (unpaired) electrons. The minimum Gasteiger partial charge on any atom is -0.384 e. The lowest BCUT2D eigenvalue weighted by atomic mass is 10.2. The van der Waals surface area contributed by atoms with E-state index in [-0.39, 0.29) is 0 Å². The molecule has 1 rings (SSSR count). The van der Waals surface area contributed by atoms with Gasteiger partial charge in [0.25, 0.3) is 0 Å². The van der Waals surface area contributed by atoms with Crippen molar-refractivity contribution in [1.29, 1.82) is 0 Å². The predicted octanol–water partition coefficient (Wildman–Crippen LogP) is 4.12. The van der Waals surface area contributed by atoms with Gasteiger partial charge in [-0.15, -0.1) is 0 Å². The summed E-state index contributed by atoms with van der Waals surface area (Å²) in [6.45, 7) is 12.2. The highest BCUT2D eigenvalue weighted by Crippen LogP contribution is 2.14. The van der Waals surface area contributed by atoms with Crippen LogP contribution >= 0.6 is 11.6 Å². The van der Waals surface area contributed by atoms with Gasteiger partial charge < -0.3 is 5.32 Å². The first-order chi connectivity index (χ1) is 8.49. The van der Waals surface area contributed by atoms with Gasteiger partial charge >= 0.3 is 0 Å². The quantitative estimate of drug-likeness (QED) is 0.800. The first kappa shape index (κ1) is 15.3. The second-order valence-corrected chi connectivity index (χ2v) is 5.86. The van der Waals surface area contributed by atoms with Gasteiger partial charge in [-0.05, 0) is 38.0 Å². The number of halogens is 1. The molecule has 0 fully saturated rings. The van der Waals surface area contributed by atoms with Crippen LogP contribution in [0, 0.1) is 5.92 Å². The summed E-state index contributed by atoms with van der Waals surface area (Å²) in [5.74, 6) is 0.707. The van der Waals surface area contributed by atoms with Crippen LogP contribution in [-0.4, -0.2) is 30.6 Å². The van der Waals surface area contributed by atoms with E-state index in [4.69, 9.17) is 11.6 Å². The number of hydrogen-bond donors (Lipinski definition) is 1. The minimum absolute atomic E-state index is 0.591. The van der Waals surface area contributed by atoms with Gasteiger partial charge in [0.15, 0.2) is 0 Å². The van der Waals surface area contributed by atoms with E-state index in [0.29, 0.717) is 12.0 Å². The smallest absolute Gasteiger partial charge is 0.0426 e. The summed E-state index contributed by atoms with van der Waals surface area (Å²) in [6.07, 6.45) is 0. The number of nitrogens with zero attached hydrogens (tertiary/aromatic N) is 1. The zero-order valence-electron chi connectivity index (χ0n) is 11.9. The Hall–Kier alpha value is -0.730. The van der Waals surface area contributed by atoms with Crippen molar-refractivity contribution in [3.05, 3.63) is 29.3 Å². The number of rotatable bonds is 7. The van der Waals surface area contributed by atoms with Gasteiger partial charge in [-0.3, -0.25) is 4.90 Å². The standard InChI is InChI=1S/C15H25ClN2/c1-12(2)11-18(13(3)4)9-8-17-15-7-5-6-14(16)10-15/h5-7,10,12-13,17H,8-9,11H2,1-4H3. The molecule has 0 atom stereocenters. The molecule has 0 spiro atoms. The highest BCUT2D eigenvalue weighted by atomic mass is 35.5. The van der Waals surface area contributed by atoms with Crippen molar-refractivity contribution in [2.24, 2.45) is 5.92 Å². The number of anilines is 1. The molecule has 3 heteroatoms. The fourth-order valence-corrected chi connectivity index (χ4v) is 2.16. The topological polar surface area (TPSA) is 15.3 Å². The van der Waals surface area contributed by atoms with Crippen LogP contribution in [0.1, 0.15) is 27.7 Å². The Labute approximate surface area is 116 Å². The Morgan fingerprint density at radius 1 is 1.22 bits per heavy atom. The second kappa shape index (κ2) is 7.65. The van der Waals surface area contributed by atoms with E-state index in [1.807, 2.05) is 24.3 Å². The van der Waals surface area contributed by atoms with E-state index in [1.165, 1.54) is 0 Å². The van der Waals surface area contributed by atoms with Gasteiger partial charge in [0.1, 0.15) is 0 Å². The van der Waals surface area contributed by atoms with Crippen molar-refractivity contribution in [3.8, 4) is 0 Å². The largest absolute Gasteiger partial charge is 0.384 e. The lowest BCUT2D eigenvalue weighted by Crippen LogP contribution is -2.37. The van der Waals surface area contributed by atoms with Crippen molar-refractivity contribution < 1.29 is 0 Å². The highest BCUT2D eigenvalue weighted by molar-refractivity contribution is 6.30. The first-order valence-corrected chi connectivity index (χ1v) is 7.10. The molecule has 0 bridgehead atoms. The van der Waals surface area contributed by atoms with Crippen LogP contribution in [0.5, 0.6) is 0 Å². The normalized spacial score (nSPS) is 11.6. The molecule has 1 N–H and O–H groups in total. The maximum Gasteiger partial charge on any atom is 0.0426 e. The Kier molecular flexibility index (Phi) is 6.51. The summed E-state index contributed by atoms with van der Waals surface area (Å²) in [5, 5.41) is 4.20. The summed E-state index contributed by atoms with van der Waals surface area (Å²) in [5.41, 5.74) is 1.09. The van der Waals surface area contributed by atoms with Gasteiger partial charge in [-0.1, -0.05) is 31.5 Å². The Balaban J connectivity index is 2.39. The fourth-order valence-electron chi connectivity index (χ4n) is 1.97. The maximum atomic E-state index is 5.96. The van der Waals surface area contributed by atoms with Crippen LogP contribution in [-0.2, 0) is 0 Å². The number of nitrogens with one attached hydrogen (secondary N) is 1. The zero-order valence-corrected chi connectivity index (χ0v) is 12.7. The van der Waals surface area contributed by atoms with Crippen molar-refractivity contribution in [1.82, 2.24) is 4.90 Å². The molecular formula is C15H25ClN2. The summed E-state index contributed by atoms with van der Waals surface area (Å²) in [7, 11) is 0. The molecule has 0 aromatic heterocycles. The highest BCUT2D eigenvalue weighted by Gasteiger charge is 2.10. The third-order valence-electron chi connectivity index (χ3n) is 2.88. The molecule has 1 aromatic rings. The molecule has 0 aliphatic rings. The third-order valence-corrected chi connectivity index (χ3v) is 3.12. The summed E-state index contributed by atoms with van der Waals surface area (Å²) in [4.78, 5) is 2.50. The molecule has 2 nitrogen and oxygen atoms in total. The van der Waals surface area contributed by atoms with Gasteiger partial charge in [-0.25, -0.2) is 0 Å². The predicted molar refractivity (Wildman–Crippen MR) is 81.5 cm³/mol. The lowest BCUT2D eigenvalue weighted by Gasteiger charge is -2.28. The lowest BCUT2D eigenvalue weighted by molar-refractivity contribution is 0.205. The first-order valence-electron chi connectivity index (χ1n) is 6.72. The summed E-state index contributed by atoms with van der Waals surface area (Å²) >= 11 is 5.96. The fraction of sp³-hybridized carbons (Fsp3) is 0.600. The summed E-state index contributed by atoms with van der Waals surface area (Å²) < 4.78 is 0. The van der Waals surface area contributed by atoms with Crippen LogP contribution in [0.4, 0.5) is 5.69 Å². The van der Waals surface area contributed by atoms with E-state index >= 15 is 0 Å². The van der Waals surface area contributed by atoms with Crippen LogP contribution in [0.2, 0.25) is 5.02 Å². The van der Waals surface area contributed by atoms with Crippen molar-refractivity contribution >= 4 is 17.3 Å². The molecule has 0 saturated heterocycles. The van der Waals surface area contributed by atoms with E-state index in [9.17, 15) is 0 Å². The average Bonchev–Trinajstić information content (AvgIpc) is 2.27. The van der Waals surface area contributed by atoms with Gasteiger partial charge in [0.05, 0.1) is 0 Å². The van der Waals surface area contributed by atoms with Crippen LogP contribution in [0.25, 0.3) is 0 Å². The Morgan fingerprint density at radius 3 is 2.50 bits per heavy atom. The summed E-state index contributed by atoms with van der Waals surface area (Å²) in [6, 6.07) is 8.47. The molecular weight excluding hydrogens is 244 g/mol. The minimum atomic E-state index is 0.591. The van der Waals surface area contributed by atoms with Crippen LogP contribution < -0.4 is 5.32 Å². The van der Waals surface area contributed by atoms with Gasteiger partial charge in [0, 0.05) is 36.4 Å². The maximum absolute atomic E-state index is 5.96. The van der Waals surface area contributed by atoms with Crippen LogP contribution in [0.15, 0.2) is 24.3 Å². The zero-order chi connectivity index (χ0) is 13.5. The van der Waals surface area contributed by atoms with E-state index in [2.05, 4.69) is 37.9 Å². The van der Waals surface area contributed by atoms with Crippen molar-refractivity contribution in [2.75, 3.05) is 25.0 Å². The second-order valence-electron chi connectivity index (χ2n) is 5.42. The molecule has 18 heavy (non-hydrogen) atoms. The van der Waals surface area contributed by atoms with Gasteiger partial charge in [0.2, 0.25) is 0 Å². The Bertz CT molecular complexity index is 350. The Morgan fingerprint density at radius 2 is 1.94 bits per heavy atom. The van der Waals surface area contributed by atoms with E-state index in [0.717, 1.165) is 30.3 Å². The molecule has 102 valence electrons.